The lowest BCUT2D eigenvalue weighted by molar-refractivity contribution is 0.390. The molecule has 0 heterocycles. The first-order valence-electron chi connectivity index (χ1n) is 10.2. The van der Waals surface area contributed by atoms with E-state index < -0.39 is 0 Å². The molecule has 0 unspecified atom stereocenters. The third-order valence-corrected chi connectivity index (χ3v) is 5.20. The lowest BCUT2D eigenvalue weighted by Gasteiger charge is -2.19. The number of anilines is 1. The minimum absolute atomic E-state index is 0.109. The molecule has 0 saturated carbocycles. The molecule has 7 nitrogen and oxygen atoms in total. The van der Waals surface area contributed by atoms with E-state index in [1.807, 2.05) is 24.3 Å². The van der Waals surface area contributed by atoms with Crippen LogP contribution in [0.4, 0.5) is 5.69 Å². The van der Waals surface area contributed by atoms with Crippen LogP contribution in [0.5, 0.6) is 23.0 Å². The number of phenols is 4. The number of rotatable bonds is 10. The maximum Gasteiger partial charge on any atom is 0.161 e. The number of nitrogen functional groups attached to an aromatic ring is 1. The van der Waals surface area contributed by atoms with Crippen molar-refractivity contribution >= 4 is 5.69 Å². The van der Waals surface area contributed by atoms with Crippen LogP contribution in [0.3, 0.4) is 0 Å². The van der Waals surface area contributed by atoms with Gasteiger partial charge in [0.25, 0.3) is 0 Å². The SMILES string of the molecule is Nc1ccc(CC(CNCc2cccc(O)c2O)CNCc2cccc(O)c2O)cc1. The fourth-order valence-electron chi connectivity index (χ4n) is 3.47. The highest BCUT2D eigenvalue weighted by Crippen LogP contribution is 2.29. The number of hydrogen-bond acceptors (Lipinski definition) is 7. The van der Waals surface area contributed by atoms with Gasteiger partial charge in [0.05, 0.1) is 0 Å². The zero-order chi connectivity index (χ0) is 22.2. The van der Waals surface area contributed by atoms with Crippen LogP contribution in [0.25, 0.3) is 0 Å². The van der Waals surface area contributed by atoms with Gasteiger partial charge in [0.2, 0.25) is 0 Å². The molecule has 0 radical (unpaired) electrons. The van der Waals surface area contributed by atoms with Crippen LogP contribution >= 0.6 is 0 Å². The fourth-order valence-corrected chi connectivity index (χ4v) is 3.47. The highest BCUT2D eigenvalue weighted by molar-refractivity contribution is 5.45. The predicted molar refractivity (Wildman–Crippen MR) is 121 cm³/mol. The van der Waals surface area contributed by atoms with Crippen LogP contribution < -0.4 is 16.4 Å². The zero-order valence-corrected chi connectivity index (χ0v) is 17.3. The van der Waals surface area contributed by atoms with Crippen LogP contribution in [0.1, 0.15) is 16.7 Å². The highest BCUT2D eigenvalue weighted by atomic mass is 16.3. The molecular weight excluding hydrogens is 394 g/mol. The second-order valence-electron chi connectivity index (χ2n) is 7.64. The van der Waals surface area contributed by atoms with Gasteiger partial charge in [0.1, 0.15) is 0 Å². The van der Waals surface area contributed by atoms with Crippen LogP contribution in [0.15, 0.2) is 60.7 Å². The van der Waals surface area contributed by atoms with E-state index in [9.17, 15) is 20.4 Å². The van der Waals surface area contributed by atoms with Crippen molar-refractivity contribution in [1.29, 1.82) is 0 Å². The summed E-state index contributed by atoms with van der Waals surface area (Å²) in [5.41, 5.74) is 8.92. The Morgan fingerprint density at radius 3 is 1.65 bits per heavy atom. The summed E-state index contributed by atoms with van der Waals surface area (Å²) in [4.78, 5) is 0. The summed E-state index contributed by atoms with van der Waals surface area (Å²) in [7, 11) is 0. The van der Waals surface area contributed by atoms with Gasteiger partial charge in [0, 0.05) is 29.9 Å². The van der Waals surface area contributed by atoms with Gasteiger partial charge in [-0.15, -0.1) is 0 Å². The lowest BCUT2D eigenvalue weighted by Crippen LogP contribution is -2.32. The summed E-state index contributed by atoms with van der Waals surface area (Å²) in [6.45, 7) is 2.18. The maximum absolute atomic E-state index is 9.98. The number of benzene rings is 3. The molecule has 0 aliphatic carbocycles. The molecule has 3 aromatic carbocycles. The second kappa shape index (κ2) is 10.6. The number of hydrogen-bond donors (Lipinski definition) is 7. The smallest absolute Gasteiger partial charge is 0.161 e. The van der Waals surface area contributed by atoms with E-state index in [0.717, 1.165) is 17.7 Å². The van der Waals surface area contributed by atoms with Gasteiger partial charge >= 0.3 is 0 Å². The largest absolute Gasteiger partial charge is 0.504 e. The molecule has 3 aromatic rings. The van der Waals surface area contributed by atoms with E-state index in [4.69, 9.17) is 5.73 Å². The van der Waals surface area contributed by atoms with Crippen molar-refractivity contribution in [3.63, 3.8) is 0 Å². The summed E-state index contributed by atoms with van der Waals surface area (Å²) in [6, 6.07) is 17.6. The average molecular weight is 424 g/mol. The highest BCUT2D eigenvalue weighted by Gasteiger charge is 2.13. The first-order chi connectivity index (χ1) is 14.9. The van der Waals surface area contributed by atoms with Gasteiger partial charge in [-0.3, -0.25) is 0 Å². The molecule has 31 heavy (non-hydrogen) atoms. The molecule has 164 valence electrons. The van der Waals surface area contributed by atoms with E-state index in [2.05, 4.69) is 10.6 Å². The molecule has 0 fully saturated rings. The summed E-state index contributed by atoms with van der Waals surface area (Å²) < 4.78 is 0. The van der Waals surface area contributed by atoms with Gasteiger partial charge in [-0.2, -0.15) is 0 Å². The van der Waals surface area contributed by atoms with Crippen molar-refractivity contribution in [2.45, 2.75) is 19.5 Å². The Morgan fingerprint density at radius 2 is 1.16 bits per heavy atom. The molecule has 0 aromatic heterocycles. The normalized spacial score (nSPS) is 11.1. The monoisotopic (exact) mass is 423 g/mol. The first-order valence-corrected chi connectivity index (χ1v) is 10.2. The number of nitrogens with one attached hydrogen (secondary N) is 2. The van der Waals surface area contributed by atoms with E-state index in [0.29, 0.717) is 37.3 Å². The number of nitrogens with two attached hydrogens (primary N) is 1. The van der Waals surface area contributed by atoms with Crippen molar-refractivity contribution in [2.24, 2.45) is 5.92 Å². The topological polar surface area (TPSA) is 131 Å². The summed E-state index contributed by atoms with van der Waals surface area (Å²) in [5, 5.41) is 46.0. The Kier molecular flexibility index (Phi) is 7.59. The van der Waals surface area contributed by atoms with E-state index >= 15 is 0 Å². The first kappa shape index (κ1) is 22.3. The Labute approximate surface area is 181 Å². The summed E-state index contributed by atoms with van der Waals surface area (Å²) >= 11 is 0. The van der Waals surface area contributed by atoms with Gasteiger partial charge in [-0.25, -0.2) is 0 Å². The molecule has 8 N–H and O–H groups in total. The third kappa shape index (κ3) is 6.28. The number of para-hydroxylation sites is 2. The maximum atomic E-state index is 9.98. The molecule has 0 aliphatic rings. The minimum Gasteiger partial charge on any atom is -0.504 e. The molecule has 0 atom stereocenters. The predicted octanol–water partition coefficient (Wildman–Crippen LogP) is 2.83. The van der Waals surface area contributed by atoms with Crippen molar-refractivity contribution < 1.29 is 20.4 Å². The molecule has 0 amide bonds. The van der Waals surface area contributed by atoms with E-state index in [1.165, 1.54) is 12.1 Å². The zero-order valence-electron chi connectivity index (χ0n) is 17.3. The Bertz CT molecular complexity index is 935. The lowest BCUT2D eigenvalue weighted by atomic mass is 9.98. The van der Waals surface area contributed by atoms with Crippen molar-refractivity contribution in [3.8, 4) is 23.0 Å². The molecule has 7 heteroatoms. The molecule has 0 spiro atoms. The summed E-state index contributed by atoms with van der Waals surface area (Å²) in [5.74, 6) is -0.275. The average Bonchev–Trinajstić information content (AvgIpc) is 2.75. The van der Waals surface area contributed by atoms with Crippen molar-refractivity contribution in [1.82, 2.24) is 10.6 Å². The minimum atomic E-state index is -0.134. The molecule has 0 aliphatic heterocycles. The van der Waals surface area contributed by atoms with Crippen LogP contribution in [-0.4, -0.2) is 33.5 Å². The molecular formula is C24H29N3O4. The van der Waals surface area contributed by atoms with Gasteiger partial charge in [-0.05, 0) is 55.3 Å². The molecule has 0 saturated heterocycles. The van der Waals surface area contributed by atoms with Crippen LogP contribution in [-0.2, 0) is 19.5 Å². The fraction of sp³-hybridized carbons (Fsp3) is 0.250. The third-order valence-electron chi connectivity index (χ3n) is 5.20. The Hall–Kier alpha value is -3.42. The van der Waals surface area contributed by atoms with Crippen LogP contribution in [0, 0.1) is 5.92 Å². The Balaban J connectivity index is 1.60. The molecule has 3 rings (SSSR count). The second-order valence-corrected chi connectivity index (χ2v) is 7.64. The van der Waals surface area contributed by atoms with Gasteiger partial charge in [0.15, 0.2) is 23.0 Å². The molecule has 0 bridgehead atoms. The number of phenolic OH excluding ortho intramolecular Hbond substituents is 4. The Morgan fingerprint density at radius 1 is 0.677 bits per heavy atom. The van der Waals surface area contributed by atoms with Gasteiger partial charge in [-0.1, -0.05) is 36.4 Å². The van der Waals surface area contributed by atoms with Crippen LogP contribution in [0.2, 0.25) is 0 Å². The quantitative estimate of drug-likeness (QED) is 0.197. The number of aromatic hydroxyl groups is 4. The van der Waals surface area contributed by atoms with Crippen molar-refractivity contribution in [2.75, 3.05) is 18.8 Å². The van der Waals surface area contributed by atoms with E-state index in [-0.39, 0.29) is 28.9 Å². The van der Waals surface area contributed by atoms with Gasteiger partial charge < -0.3 is 36.8 Å². The standard InChI is InChI=1S/C24H29N3O4/c25-20-9-7-16(8-10-20)11-17(12-26-14-18-3-1-5-21(28)23(18)30)13-27-15-19-4-2-6-22(29)24(19)31/h1-10,17,26-31H,11-15,25H2. The van der Waals surface area contributed by atoms with E-state index in [1.54, 1.807) is 24.3 Å². The summed E-state index contributed by atoms with van der Waals surface area (Å²) in [6.07, 6.45) is 0.804. The van der Waals surface area contributed by atoms with Crippen molar-refractivity contribution in [3.05, 3.63) is 77.4 Å².